The number of alkyl halides is 9. The molecule has 0 unspecified atom stereocenters. The van der Waals surface area contributed by atoms with Crippen LogP contribution in [0.5, 0.6) is 5.75 Å². The molecule has 0 atom stereocenters. The molecule has 0 aliphatic rings. The number of amides is 1. The third-order valence-electron chi connectivity index (χ3n) is 4.48. The first kappa shape index (κ1) is 35.7. The zero-order valence-electron chi connectivity index (χ0n) is 21.0. The fourth-order valence-corrected chi connectivity index (χ4v) is 2.59. The van der Waals surface area contributed by atoms with Crippen LogP contribution in [0.15, 0.2) is 54.9 Å². The second-order valence-electron chi connectivity index (χ2n) is 7.50. The summed E-state index contributed by atoms with van der Waals surface area (Å²) in [7, 11) is 0. The first-order valence-corrected chi connectivity index (χ1v) is 10.7. The molecule has 0 spiro atoms. The maximum atomic E-state index is 13.1. The number of hydrogen-bond acceptors (Lipinski definition) is 7. The number of aliphatic carboxylic acids is 2. The number of benzene rings is 2. The van der Waals surface area contributed by atoms with E-state index in [0.717, 1.165) is 12.1 Å². The van der Waals surface area contributed by atoms with E-state index in [-0.39, 0.29) is 16.9 Å². The second kappa shape index (κ2) is 14.0. The van der Waals surface area contributed by atoms with Crippen molar-refractivity contribution < 1.29 is 68.9 Å². The van der Waals surface area contributed by atoms with E-state index in [4.69, 9.17) is 35.8 Å². The highest BCUT2D eigenvalue weighted by Gasteiger charge is 2.39. The summed E-state index contributed by atoms with van der Waals surface area (Å²) in [4.78, 5) is 35.9. The molecule has 12 nitrogen and oxygen atoms in total. The lowest BCUT2D eigenvalue weighted by molar-refractivity contribution is -0.193. The Hall–Kier alpha value is -5.37. The van der Waals surface area contributed by atoms with E-state index < -0.39 is 47.9 Å². The number of hydrogen-bond donors (Lipinski definition) is 4. The van der Waals surface area contributed by atoms with Gasteiger partial charge in [-0.1, -0.05) is 11.3 Å². The highest BCUT2D eigenvalue weighted by molar-refractivity contribution is 6.04. The quantitative estimate of drug-likeness (QED) is 0.142. The van der Waals surface area contributed by atoms with Crippen molar-refractivity contribution in [3.63, 3.8) is 0 Å². The smallest absolute Gasteiger partial charge is 0.475 e. The number of carbonyl (C=O) groups is 3. The zero-order valence-corrected chi connectivity index (χ0v) is 21.0. The molecule has 0 aliphatic carbocycles. The van der Waals surface area contributed by atoms with Gasteiger partial charge in [-0.05, 0) is 48.9 Å². The number of nitrogens with two attached hydrogens (primary N) is 1. The minimum Gasteiger partial charge on any atom is -0.475 e. The van der Waals surface area contributed by atoms with Crippen molar-refractivity contribution in [2.45, 2.75) is 25.5 Å². The maximum Gasteiger partial charge on any atom is 0.490 e. The summed E-state index contributed by atoms with van der Waals surface area (Å²) >= 11 is 0. The van der Waals surface area contributed by atoms with E-state index in [1.165, 1.54) is 36.0 Å². The molecular weight excluding hydrogens is 615 g/mol. The van der Waals surface area contributed by atoms with Gasteiger partial charge in [0.2, 0.25) is 5.96 Å². The van der Waals surface area contributed by atoms with E-state index in [1.54, 1.807) is 18.3 Å². The summed E-state index contributed by atoms with van der Waals surface area (Å²) in [6.07, 6.45) is -11.7. The third kappa shape index (κ3) is 10.8. The monoisotopic (exact) mass is 632 g/mol. The van der Waals surface area contributed by atoms with Crippen LogP contribution >= 0.6 is 0 Å². The Morgan fingerprint density at radius 3 is 1.77 bits per heavy atom. The number of carboxylic acid groups (broad SMARTS) is 2. The van der Waals surface area contributed by atoms with Gasteiger partial charge in [-0.25, -0.2) is 14.3 Å². The van der Waals surface area contributed by atoms with Crippen molar-refractivity contribution in [3.8, 4) is 11.4 Å². The van der Waals surface area contributed by atoms with Crippen LogP contribution in [0.25, 0.3) is 5.69 Å². The molecule has 0 bridgehead atoms. The number of aromatic nitrogens is 3. The molecule has 5 N–H and O–H groups in total. The van der Waals surface area contributed by atoms with Crippen LogP contribution in [0, 0.1) is 12.3 Å². The molecule has 3 rings (SSSR count). The third-order valence-corrected chi connectivity index (χ3v) is 4.48. The Morgan fingerprint density at radius 2 is 1.40 bits per heavy atom. The van der Waals surface area contributed by atoms with E-state index in [9.17, 15) is 44.3 Å². The molecule has 2 aromatic carbocycles. The number of halogens is 9. The summed E-state index contributed by atoms with van der Waals surface area (Å²) in [6, 6.07) is 9.38. The number of carboxylic acids is 2. The first-order chi connectivity index (χ1) is 19.6. The van der Waals surface area contributed by atoms with Crippen LogP contribution in [0.2, 0.25) is 0 Å². The van der Waals surface area contributed by atoms with E-state index in [1.807, 2.05) is 0 Å². The summed E-state index contributed by atoms with van der Waals surface area (Å²) in [5, 5.41) is 29.8. The topological polar surface area (TPSA) is 185 Å². The molecular formula is C22H17F9N6O6. The largest absolute Gasteiger partial charge is 0.490 e. The molecule has 0 saturated carbocycles. The summed E-state index contributed by atoms with van der Waals surface area (Å²) in [5.41, 5.74) is 4.55. The van der Waals surface area contributed by atoms with E-state index in [0.29, 0.717) is 10.8 Å². The van der Waals surface area contributed by atoms with Crippen LogP contribution in [0.3, 0.4) is 0 Å². The van der Waals surface area contributed by atoms with Crippen LogP contribution in [0.4, 0.5) is 39.5 Å². The maximum absolute atomic E-state index is 13.1. The fraction of sp³-hybridized carbons (Fsp3) is 0.182. The lowest BCUT2D eigenvalue weighted by atomic mass is 10.0. The molecule has 21 heteroatoms. The molecule has 0 saturated heterocycles. The number of nitrogens with one attached hydrogen (secondary N) is 1. The number of rotatable bonds is 4. The second-order valence-corrected chi connectivity index (χ2v) is 7.50. The van der Waals surface area contributed by atoms with Gasteiger partial charge in [0, 0.05) is 5.56 Å². The number of carbonyl (C=O) groups excluding carboxylic acids is 1. The molecule has 43 heavy (non-hydrogen) atoms. The predicted octanol–water partition coefficient (Wildman–Crippen LogP) is 4.19. The molecule has 3 aromatic rings. The zero-order chi connectivity index (χ0) is 33.3. The Morgan fingerprint density at radius 1 is 0.907 bits per heavy atom. The van der Waals surface area contributed by atoms with Crippen molar-refractivity contribution >= 4 is 23.8 Å². The Kier molecular flexibility index (Phi) is 11.6. The molecule has 234 valence electrons. The van der Waals surface area contributed by atoms with Crippen molar-refractivity contribution in [1.29, 1.82) is 5.41 Å². The fourth-order valence-electron chi connectivity index (χ4n) is 2.59. The molecule has 1 heterocycles. The first-order valence-electron chi connectivity index (χ1n) is 10.7. The Balaban J connectivity index is 0.000000548. The van der Waals surface area contributed by atoms with Gasteiger partial charge in [0.25, 0.3) is 5.91 Å². The summed E-state index contributed by atoms with van der Waals surface area (Å²) in [6.45, 7) is 1.17. The number of nitrogens with zero attached hydrogens (tertiary/aromatic N) is 4. The van der Waals surface area contributed by atoms with Gasteiger partial charge < -0.3 is 20.8 Å². The molecule has 0 aliphatic heterocycles. The van der Waals surface area contributed by atoms with Crippen molar-refractivity contribution in [2.75, 3.05) is 0 Å². The molecule has 0 fully saturated rings. The summed E-state index contributed by atoms with van der Waals surface area (Å²) in [5.74, 6) is -7.16. The van der Waals surface area contributed by atoms with E-state index in [2.05, 4.69) is 10.3 Å². The van der Waals surface area contributed by atoms with Crippen molar-refractivity contribution in [1.82, 2.24) is 20.1 Å². The van der Waals surface area contributed by atoms with Crippen LogP contribution < -0.4 is 10.6 Å². The Labute approximate surface area is 233 Å². The lowest BCUT2D eigenvalue weighted by Crippen LogP contribution is -2.44. The summed E-state index contributed by atoms with van der Waals surface area (Å²) < 4.78 is 104. The van der Waals surface area contributed by atoms with Gasteiger partial charge in [-0.2, -0.15) is 39.5 Å². The van der Waals surface area contributed by atoms with Gasteiger partial charge in [0.05, 0.1) is 23.6 Å². The van der Waals surface area contributed by atoms with Crippen LogP contribution in [-0.4, -0.2) is 66.4 Å². The molecule has 1 aromatic heterocycles. The van der Waals surface area contributed by atoms with Crippen molar-refractivity contribution in [3.05, 3.63) is 71.5 Å². The average Bonchev–Trinajstić information content (AvgIpc) is 3.41. The lowest BCUT2D eigenvalue weighted by Gasteiger charge is -2.22. The number of hydroxylamine groups is 2. The Bertz CT molecular complexity index is 1400. The highest BCUT2D eigenvalue weighted by Crippen LogP contribution is 2.33. The van der Waals surface area contributed by atoms with Gasteiger partial charge >= 0.3 is 30.5 Å². The normalized spacial score (nSPS) is 11.2. The highest BCUT2D eigenvalue weighted by atomic mass is 19.4. The SMILES string of the molecule is Cc1c(C(=O)N(Oc2ccc(-n3ccnn3)cc2)C(=N)N)cccc1C(F)(F)F.O=C(O)C(F)(F)F.O=C(O)C(F)(F)F. The predicted molar refractivity (Wildman–Crippen MR) is 124 cm³/mol. The van der Waals surface area contributed by atoms with Crippen LogP contribution in [0.1, 0.15) is 21.5 Å². The standard InChI is InChI=1S/C18H15F3N6O2.2C2HF3O2/c1-11-14(3-2-4-15(11)18(19,20)21)16(28)27(17(22)23)29-13-7-5-12(6-8-13)26-10-9-24-25-26;2*3-2(4,5)1(6)7/h2-10H,1H3,(H3,22,23);2*(H,6,7). The number of guanidine groups is 1. The molecule has 1 amide bonds. The van der Waals surface area contributed by atoms with Gasteiger partial charge in [0.15, 0.2) is 5.75 Å². The minimum atomic E-state index is -5.08. The average molecular weight is 632 g/mol. The van der Waals surface area contributed by atoms with Crippen molar-refractivity contribution in [2.24, 2.45) is 5.73 Å². The van der Waals surface area contributed by atoms with Gasteiger partial charge in [-0.15, -0.1) is 10.2 Å². The van der Waals surface area contributed by atoms with E-state index >= 15 is 0 Å². The molecule has 0 radical (unpaired) electrons. The van der Waals surface area contributed by atoms with Gasteiger partial charge in [-0.3, -0.25) is 10.2 Å². The van der Waals surface area contributed by atoms with Gasteiger partial charge in [0.1, 0.15) is 0 Å². The van der Waals surface area contributed by atoms with Crippen LogP contribution in [-0.2, 0) is 15.8 Å². The minimum absolute atomic E-state index is 0.141.